The largest absolute Gasteiger partial charge is 0.494 e. The zero-order valence-corrected chi connectivity index (χ0v) is 17.7. The highest BCUT2D eigenvalue weighted by Crippen LogP contribution is 2.25. The number of carbonyl (C=O) groups is 1. The van der Waals surface area contributed by atoms with Crippen molar-refractivity contribution < 1.29 is 9.53 Å². The van der Waals surface area contributed by atoms with Crippen LogP contribution in [0, 0.1) is 11.8 Å². The van der Waals surface area contributed by atoms with E-state index >= 15 is 0 Å². The topological polar surface area (TPSA) is 32.8 Å². The van der Waals surface area contributed by atoms with Gasteiger partial charge in [0, 0.05) is 24.5 Å². The van der Waals surface area contributed by atoms with Gasteiger partial charge in [0.25, 0.3) is 0 Å². The van der Waals surface area contributed by atoms with Crippen LogP contribution in [0.2, 0.25) is 0 Å². The van der Waals surface area contributed by atoms with Crippen LogP contribution in [0.1, 0.15) is 39.5 Å². The third-order valence-corrected chi connectivity index (χ3v) is 6.76. The second kappa shape index (κ2) is 10.4. The van der Waals surface area contributed by atoms with Crippen molar-refractivity contribution in [2.75, 3.05) is 45.1 Å². The maximum Gasteiger partial charge on any atom is 0.232 e. The van der Waals surface area contributed by atoms with E-state index in [1.165, 1.54) is 38.9 Å². The average Bonchev–Trinajstić information content (AvgIpc) is 2.69. The fourth-order valence-electron chi connectivity index (χ4n) is 4.09. The van der Waals surface area contributed by atoms with Crippen molar-refractivity contribution in [3.05, 3.63) is 24.3 Å². The molecule has 150 valence electrons. The van der Waals surface area contributed by atoms with Gasteiger partial charge in [-0.05, 0) is 81.8 Å². The van der Waals surface area contributed by atoms with Gasteiger partial charge in [-0.2, -0.15) is 0 Å². The Hall–Kier alpha value is -1.20. The Labute approximate surface area is 168 Å². The molecule has 1 aromatic rings. The Morgan fingerprint density at radius 2 is 1.89 bits per heavy atom. The SMILES string of the molecule is CCOc1ccc(SCC(=O)N2CCCC(CN3CCC(C)CC3)C2)cc1. The van der Waals surface area contributed by atoms with Crippen LogP contribution in [-0.2, 0) is 4.79 Å². The van der Waals surface area contributed by atoms with E-state index in [1.807, 2.05) is 31.2 Å². The van der Waals surface area contributed by atoms with Gasteiger partial charge in [-0.15, -0.1) is 11.8 Å². The summed E-state index contributed by atoms with van der Waals surface area (Å²) in [5.41, 5.74) is 0. The van der Waals surface area contributed by atoms with Gasteiger partial charge in [-0.1, -0.05) is 6.92 Å². The number of thioether (sulfide) groups is 1. The molecule has 0 spiro atoms. The molecule has 1 amide bonds. The molecule has 2 saturated heterocycles. The van der Waals surface area contributed by atoms with E-state index in [4.69, 9.17) is 4.74 Å². The summed E-state index contributed by atoms with van der Waals surface area (Å²) in [6, 6.07) is 8.04. The zero-order chi connectivity index (χ0) is 19.1. The molecule has 1 aromatic carbocycles. The standard InChI is InChI=1S/C22H34N2O2S/c1-3-26-20-6-8-21(9-7-20)27-17-22(25)24-12-4-5-19(16-24)15-23-13-10-18(2)11-14-23/h6-9,18-19H,3-5,10-17H2,1-2H3. The van der Waals surface area contributed by atoms with E-state index in [9.17, 15) is 4.79 Å². The zero-order valence-electron chi connectivity index (χ0n) is 16.9. The lowest BCUT2D eigenvalue weighted by atomic mass is 9.94. The predicted molar refractivity (Wildman–Crippen MR) is 112 cm³/mol. The molecule has 4 nitrogen and oxygen atoms in total. The van der Waals surface area contributed by atoms with Crippen molar-refractivity contribution in [3.8, 4) is 5.75 Å². The molecule has 0 aromatic heterocycles. The lowest BCUT2D eigenvalue weighted by Crippen LogP contribution is -2.45. The number of hydrogen-bond acceptors (Lipinski definition) is 4. The molecule has 1 unspecified atom stereocenters. The molecule has 2 fully saturated rings. The van der Waals surface area contributed by atoms with Gasteiger partial charge in [0.1, 0.15) is 5.75 Å². The first kappa shape index (κ1) is 20.5. The fraction of sp³-hybridized carbons (Fsp3) is 0.682. The van der Waals surface area contributed by atoms with Crippen molar-refractivity contribution in [2.24, 2.45) is 11.8 Å². The number of piperidine rings is 2. The monoisotopic (exact) mass is 390 g/mol. The van der Waals surface area contributed by atoms with E-state index in [-0.39, 0.29) is 5.91 Å². The molecule has 2 aliphatic heterocycles. The van der Waals surface area contributed by atoms with Crippen molar-refractivity contribution >= 4 is 17.7 Å². The molecule has 1 atom stereocenters. The van der Waals surface area contributed by atoms with Crippen LogP contribution in [0.25, 0.3) is 0 Å². The van der Waals surface area contributed by atoms with Crippen molar-refractivity contribution in [2.45, 2.75) is 44.4 Å². The number of nitrogens with zero attached hydrogens (tertiary/aromatic N) is 2. The lowest BCUT2D eigenvalue weighted by Gasteiger charge is -2.37. The highest BCUT2D eigenvalue weighted by molar-refractivity contribution is 8.00. The lowest BCUT2D eigenvalue weighted by molar-refractivity contribution is -0.130. The third-order valence-electron chi connectivity index (χ3n) is 5.76. The number of benzene rings is 1. The molecule has 27 heavy (non-hydrogen) atoms. The third kappa shape index (κ3) is 6.42. The molecule has 5 heteroatoms. The van der Waals surface area contributed by atoms with Crippen LogP contribution >= 0.6 is 11.8 Å². The number of rotatable bonds is 7. The van der Waals surface area contributed by atoms with Gasteiger partial charge in [-0.25, -0.2) is 0 Å². The van der Waals surface area contributed by atoms with Crippen molar-refractivity contribution in [1.29, 1.82) is 0 Å². The number of hydrogen-bond donors (Lipinski definition) is 0. The highest BCUT2D eigenvalue weighted by Gasteiger charge is 2.26. The van der Waals surface area contributed by atoms with Crippen LogP contribution in [0.3, 0.4) is 0 Å². The first-order chi connectivity index (χ1) is 13.1. The van der Waals surface area contributed by atoms with Crippen LogP contribution in [-0.4, -0.2) is 60.8 Å². The van der Waals surface area contributed by atoms with Crippen LogP contribution in [0.15, 0.2) is 29.2 Å². The van der Waals surface area contributed by atoms with Gasteiger partial charge in [0.15, 0.2) is 0 Å². The summed E-state index contributed by atoms with van der Waals surface area (Å²) >= 11 is 1.63. The van der Waals surface area contributed by atoms with Crippen molar-refractivity contribution in [3.63, 3.8) is 0 Å². The molecule has 0 aliphatic carbocycles. The highest BCUT2D eigenvalue weighted by atomic mass is 32.2. The number of likely N-dealkylation sites (tertiary alicyclic amines) is 2. The Morgan fingerprint density at radius 3 is 2.59 bits per heavy atom. The molecular formula is C22H34N2O2S. The first-order valence-electron chi connectivity index (χ1n) is 10.5. The van der Waals surface area contributed by atoms with E-state index in [0.29, 0.717) is 18.3 Å². The molecule has 3 rings (SSSR count). The Morgan fingerprint density at radius 1 is 1.15 bits per heavy atom. The van der Waals surface area contributed by atoms with Crippen LogP contribution in [0.5, 0.6) is 5.75 Å². The molecular weight excluding hydrogens is 356 g/mol. The van der Waals surface area contributed by atoms with Gasteiger partial charge < -0.3 is 14.5 Å². The minimum atomic E-state index is 0.283. The summed E-state index contributed by atoms with van der Waals surface area (Å²) in [5, 5.41) is 0. The van der Waals surface area contributed by atoms with Crippen molar-refractivity contribution in [1.82, 2.24) is 9.80 Å². The van der Waals surface area contributed by atoms with Gasteiger partial charge >= 0.3 is 0 Å². The molecule has 2 heterocycles. The molecule has 0 N–H and O–H groups in total. The Bertz CT molecular complexity index is 584. The predicted octanol–water partition coefficient (Wildman–Crippen LogP) is 4.15. The molecule has 0 bridgehead atoms. The maximum absolute atomic E-state index is 12.7. The maximum atomic E-state index is 12.7. The molecule has 0 radical (unpaired) electrons. The van der Waals surface area contributed by atoms with Crippen LogP contribution in [0.4, 0.5) is 0 Å². The van der Waals surface area contributed by atoms with E-state index in [1.54, 1.807) is 11.8 Å². The summed E-state index contributed by atoms with van der Waals surface area (Å²) in [4.78, 5) is 18.5. The quantitative estimate of drug-likeness (QED) is 0.655. The molecule has 0 saturated carbocycles. The second-order valence-corrected chi connectivity index (χ2v) is 9.07. The summed E-state index contributed by atoms with van der Waals surface area (Å²) in [7, 11) is 0. The number of carbonyl (C=O) groups excluding carboxylic acids is 1. The first-order valence-corrected chi connectivity index (χ1v) is 11.5. The average molecular weight is 391 g/mol. The van der Waals surface area contributed by atoms with Gasteiger partial charge in [0.05, 0.1) is 12.4 Å². The van der Waals surface area contributed by atoms with Crippen LogP contribution < -0.4 is 4.74 Å². The Kier molecular flexibility index (Phi) is 7.89. The summed E-state index contributed by atoms with van der Waals surface area (Å²) in [5.74, 6) is 3.23. The van der Waals surface area contributed by atoms with E-state index in [2.05, 4.69) is 16.7 Å². The normalized spacial score (nSPS) is 22.0. The smallest absolute Gasteiger partial charge is 0.232 e. The summed E-state index contributed by atoms with van der Waals surface area (Å²) in [6.07, 6.45) is 5.07. The second-order valence-electron chi connectivity index (χ2n) is 8.02. The minimum Gasteiger partial charge on any atom is -0.494 e. The fourth-order valence-corrected chi connectivity index (χ4v) is 4.89. The molecule has 2 aliphatic rings. The van der Waals surface area contributed by atoms with E-state index in [0.717, 1.165) is 36.1 Å². The number of ether oxygens (including phenoxy) is 1. The summed E-state index contributed by atoms with van der Waals surface area (Å²) in [6.45, 7) is 10.5. The van der Waals surface area contributed by atoms with Gasteiger partial charge in [-0.3, -0.25) is 4.79 Å². The van der Waals surface area contributed by atoms with Gasteiger partial charge in [0.2, 0.25) is 5.91 Å². The van der Waals surface area contributed by atoms with E-state index < -0.39 is 0 Å². The summed E-state index contributed by atoms with van der Waals surface area (Å²) < 4.78 is 5.47. The minimum absolute atomic E-state index is 0.283. The number of amides is 1. The Balaban J connectivity index is 1.42.